The molecule has 0 saturated heterocycles. The van der Waals surface area contributed by atoms with Crippen molar-refractivity contribution in [2.75, 3.05) is 40.9 Å². The van der Waals surface area contributed by atoms with E-state index in [1.54, 1.807) is 25.2 Å². The molecule has 2 aromatic rings. The van der Waals surface area contributed by atoms with E-state index in [1.165, 1.54) is 0 Å². The van der Waals surface area contributed by atoms with E-state index >= 15 is 0 Å². The van der Waals surface area contributed by atoms with Crippen molar-refractivity contribution in [3.8, 4) is 22.9 Å². The van der Waals surface area contributed by atoms with Crippen molar-refractivity contribution in [3.05, 3.63) is 24.1 Å². The second kappa shape index (κ2) is 9.19. The van der Waals surface area contributed by atoms with E-state index in [-0.39, 0.29) is 5.91 Å². The summed E-state index contributed by atoms with van der Waals surface area (Å²) >= 11 is 0. The van der Waals surface area contributed by atoms with Gasteiger partial charge in [-0.2, -0.15) is 4.98 Å². The van der Waals surface area contributed by atoms with Gasteiger partial charge >= 0.3 is 0 Å². The topological polar surface area (TPSA) is 80.9 Å². The van der Waals surface area contributed by atoms with Gasteiger partial charge in [-0.3, -0.25) is 9.69 Å². The summed E-state index contributed by atoms with van der Waals surface area (Å²) in [5.41, 5.74) is 0.713. The standard InChI is InChI=1S/C18H26N4O4/c1-6-22(7-2)17(23)12-21(3)11-16-19-18(20-26-16)14-9-8-13(24-4)10-15(14)25-5/h8-10H,6-7,11-12H2,1-5H3. The number of benzene rings is 1. The highest BCUT2D eigenvalue weighted by Crippen LogP contribution is 2.31. The molecule has 0 radical (unpaired) electrons. The zero-order valence-electron chi connectivity index (χ0n) is 16.0. The first-order chi connectivity index (χ1) is 12.5. The average molecular weight is 362 g/mol. The molecule has 0 N–H and O–H groups in total. The molecule has 8 nitrogen and oxygen atoms in total. The van der Waals surface area contributed by atoms with E-state index in [0.717, 1.165) is 0 Å². The summed E-state index contributed by atoms with van der Waals surface area (Å²) in [5.74, 6) is 2.23. The summed E-state index contributed by atoms with van der Waals surface area (Å²) in [6.45, 7) is 6.02. The highest BCUT2D eigenvalue weighted by molar-refractivity contribution is 5.78. The Kier molecular flexibility index (Phi) is 6.97. The van der Waals surface area contributed by atoms with Gasteiger partial charge in [0.1, 0.15) is 11.5 Å². The number of hydrogen-bond donors (Lipinski definition) is 0. The molecule has 142 valence electrons. The SMILES string of the molecule is CCN(CC)C(=O)CN(C)Cc1nc(-c2ccc(OC)cc2OC)no1. The highest BCUT2D eigenvalue weighted by atomic mass is 16.5. The molecule has 0 bridgehead atoms. The largest absolute Gasteiger partial charge is 0.497 e. The van der Waals surface area contributed by atoms with Crippen molar-refractivity contribution in [1.29, 1.82) is 0 Å². The van der Waals surface area contributed by atoms with E-state index in [1.807, 2.05) is 37.9 Å². The van der Waals surface area contributed by atoms with E-state index in [2.05, 4.69) is 10.1 Å². The predicted octanol–water partition coefficient (Wildman–Crippen LogP) is 2.05. The lowest BCUT2D eigenvalue weighted by Gasteiger charge is -2.22. The fourth-order valence-electron chi connectivity index (χ4n) is 2.61. The lowest BCUT2D eigenvalue weighted by molar-refractivity contribution is -0.131. The van der Waals surface area contributed by atoms with Gasteiger partial charge in [0.15, 0.2) is 0 Å². The lowest BCUT2D eigenvalue weighted by atomic mass is 10.2. The molecular formula is C18H26N4O4. The van der Waals surface area contributed by atoms with E-state index < -0.39 is 0 Å². The van der Waals surface area contributed by atoms with Crippen LogP contribution in [0.25, 0.3) is 11.4 Å². The smallest absolute Gasteiger partial charge is 0.241 e. The third-order valence-corrected chi connectivity index (χ3v) is 4.04. The second-order valence-electron chi connectivity index (χ2n) is 5.82. The third kappa shape index (κ3) is 4.72. The number of amides is 1. The summed E-state index contributed by atoms with van der Waals surface area (Å²) in [6.07, 6.45) is 0. The number of methoxy groups -OCH3 is 2. The zero-order valence-corrected chi connectivity index (χ0v) is 16.0. The zero-order chi connectivity index (χ0) is 19.1. The van der Waals surface area contributed by atoms with Gasteiger partial charge in [0.2, 0.25) is 17.6 Å². The van der Waals surface area contributed by atoms with Gasteiger partial charge in [0, 0.05) is 19.2 Å². The molecule has 0 aliphatic carbocycles. The molecule has 1 aromatic carbocycles. The number of rotatable bonds is 9. The molecule has 0 fully saturated rings. The van der Waals surface area contributed by atoms with Crippen LogP contribution in [0.2, 0.25) is 0 Å². The van der Waals surface area contributed by atoms with Crippen molar-refractivity contribution < 1.29 is 18.8 Å². The molecule has 0 aliphatic rings. The summed E-state index contributed by atoms with van der Waals surface area (Å²) in [4.78, 5) is 20.2. The van der Waals surface area contributed by atoms with Crippen molar-refractivity contribution in [2.24, 2.45) is 0 Å². The highest BCUT2D eigenvalue weighted by Gasteiger charge is 2.17. The molecule has 8 heteroatoms. The van der Waals surface area contributed by atoms with Crippen LogP contribution in [0.4, 0.5) is 0 Å². The molecule has 0 aliphatic heterocycles. The van der Waals surface area contributed by atoms with Crippen LogP contribution in [0, 0.1) is 0 Å². The Hall–Kier alpha value is -2.61. The van der Waals surface area contributed by atoms with Gasteiger partial charge in [0.05, 0.1) is 32.9 Å². The van der Waals surface area contributed by atoms with Crippen molar-refractivity contribution >= 4 is 5.91 Å². The number of nitrogens with zero attached hydrogens (tertiary/aromatic N) is 4. The Labute approximate surface area is 153 Å². The van der Waals surface area contributed by atoms with Crippen molar-refractivity contribution in [3.63, 3.8) is 0 Å². The van der Waals surface area contributed by atoms with Gasteiger partial charge < -0.3 is 18.9 Å². The van der Waals surface area contributed by atoms with E-state index in [9.17, 15) is 4.79 Å². The van der Waals surface area contributed by atoms with Gasteiger partial charge in [-0.05, 0) is 33.0 Å². The number of carbonyl (C=O) groups is 1. The summed E-state index contributed by atoms with van der Waals surface area (Å²) in [5, 5.41) is 4.02. The van der Waals surface area contributed by atoms with Crippen LogP contribution in [0.1, 0.15) is 19.7 Å². The molecule has 1 heterocycles. The monoisotopic (exact) mass is 362 g/mol. The summed E-state index contributed by atoms with van der Waals surface area (Å²) in [7, 11) is 5.02. The van der Waals surface area contributed by atoms with Crippen LogP contribution >= 0.6 is 0 Å². The van der Waals surface area contributed by atoms with Crippen molar-refractivity contribution in [1.82, 2.24) is 19.9 Å². The number of carbonyl (C=O) groups excluding carboxylic acids is 1. The Morgan fingerprint density at radius 2 is 1.92 bits per heavy atom. The number of likely N-dealkylation sites (N-methyl/N-ethyl adjacent to an activating group) is 2. The maximum absolute atomic E-state index is 12.2. The summed E-state index contributed by atoms with van der Waals surface area (Å²) < 4.78 is 15.9. The quantitative estimate of drug-likeness (QED) is 0.675. The van der Waals surface area contributed by atoms with Crippen molar-refractivity contribution in [2.45, 2.75) is 20.4 Å². The fraction of sp³-hybridized carbons (Fsp3) is 0.500. The first-order valence-electron chi connectivity index (χ1n) is 8.53. The molecule has 0 spiro atoms. The fourth-order valence-corrected chi connectivity index (χ4v) is 2.61. The van der Waals surface area contributed by atoms with Crippen LogP contribution < -0.4 is 9.47 Å². The van der Waals surface area contributed by atoms with Crippen LogP contribution in [-0.2, 0) is 11.3 Å². The van der Waals surface area contributed by atoms with Crippen LogP contribution in [0.5, 0.6) is 11.5 Å². The first kappa shape index (κ1) is 19.7. The van der Waals surface area contributed by atoms with Gasteiger partial charge in [0.25, 0.3) is 0 Å². The third-order valence-electron chi connectivity index (χ3n) is 4.04. The average Bonchev–Trinajstić information content (AvgIpc) is 3.10. The second-order valence-corrected chi connectivity index (χ2v) is 5.82. The molecule has 2 rings (SSSR count). The summed E-state index contributed by atoms with van der Waals surface area (Å²) in [6, 6.07) is 5.39. The molecule has 1 aromatic heterocycles. The van der Waals surface area contributed by atoms with Gasteiger partial charge in [-0.1, -0.05) is 5.16 Å². The van der Waals surface area contributed by atoms with Gasteiger partial charge in [-0.15, -0.1) is 0 Å². The number of hydrogen-bond acceptors (Lipinski definition) is 7. The van der Waals surface area contributed by atoms with E-state index in [4.69, 9.17) is 14.0 Å². The van der Waals surface area contributed by atoms with Crippen LogP contribution in [0.3, 0.4) is 0 Å². The maximum atomic E-state index is 12.2. The maximum Gasteiger partial charge on any atom is 0.241 e. The van der Waals surface area contributed by atoms with E-state index in [0.29, 0.717) is 55.0 Å². The molecule has 0 unspecified atom stereocenters. The minimum absolute atomic E-state index is 0.0778. The number of ether oxygens (including phenoxy) is 2. The lowest BCUT2D eigenvalue weighted by Crippen LogP contribution is -2.38. The minimum Gasteiger partial charge on any atom is -0.497 e. The van der Waals surface area contributed by atoms with Gasteiger partial charge in [-0.25, -0.2) is 0 Å². The molecule has 0 saturated carbocycles. The molecule has 1 amide bonds. The Balaban J connectivity index is 2.07. The number of aromatic nitrogens is 2. The molecule has 26 heavy (non-hydrogen) atoms. The Morgan fingerprint density at radius 3 is 2.54 bits per heavy atom. The molecular weight excluding hydrogens is 336 g/mol. The first-order valence-corrected chi connectivity index (χ1v) is 8.53. The predicted molar refractivity (Wildman–Crippen MR) is 97.1 cm³/mol. The normalized spacial score (nSPS) is 10.8. The van der Waals surface area contributed by atoms with Crippen LogP contribution in [-0.4, -0.2) is 66.7 Å². The Bertz CT molecular complexity index is 728. The van der Waals surface area contributed by atoms with Crippen LogP contribution in [0.15, 0.2) is 22.7 Å². The minimum atomic E-state index is 0.0778. The molecule has 0 atom stereocenters. The Morgan fingerprint density at radius 1 is 1.19 bits per heavy atom.